The van der Waals surface area contributed by atoms with Crippen molar-refractivity contribution < 1.29 is 9.53 Å². The second kappa shape index (κ2) is 7.89. The molecule has 0 bridgehead atoms. The molecule has 0 saturated heterocycles. The Bertz CT molecular complexity index is 1250. The molecule has 0 fully saturated rings. The van der Waals surface area contributed by atoms with E-state index in [1.165, 1.54) is 17.7 Å². The average molecular weight is 405 g/mol. The van der Waals surface area contributed by atoms with Crippen LogP contribution in [0, 0.1) is 6.92 Å². The molecular weight excluding hydrogens is 386 g/mol. The summed E-state index contributed by atoms with van der Waals surface area (Å²) in [6.45, 7) is 1.97. The Morgan fingerprint density at radius 1 is 1.17 bits per heavy atom. The second-order valence-corrected chi connectivity index (χ2v) is 7.77. The number of carbonyl (C=O) groups is 1. The number of thiophene rings is 1. The third kappa shape index (κ3) is 3.77. The molecule has 1 amide bonds. The van der Waals surface area contributed by atoms with Gasteiger partial charge in [-0.05, 0) is 30.2 Å². The zero-order valence-corrected chi connectivity index (χ0v) is 16.8. The lowest BCUT2D eigenvalue weighted by atomic mass is 10.0. The maximum Gasteiger partial charge on any atom is 0.281 e. The number of rotatable bonds is 5. The highest BCUT2D eigenvalue weighted by Crippen LogP contribution is 2.35. The molecule has 0 atom stereocenters. The van der Waals surface area contributed by atoms with Crippen molar-refractivity contribution in [2.45, 2.75) is 13.3 Å². The van der Waals surface area contributed by atoms with E-state index in [0.717, 1.165) is 26.2 Å². The quantitative estimate of drug-likeness (QED) is 0.549. The number of carbonyl (C=O) groups excluding carboxylic acids is 1. The molecule has 29 heavy (non-hydrogen) atoms. The second-order valence-electron chi connectivity index (χ2n) is 6.56. The molecule has 0 spiro atoms. The summed E-state index contributed by atoms with van der Waals surface area (Å²) in [5, 5.41) is 0.517. The Morgan fingerprint density at radius 2 is 1.97 bits per heavy atom. The highest BCUT2D eigenvalue weighted by molar-refractivity contribution is 7.19. The summed E-state index contributed by atoms with van der Waals surface area (Å²) in [5.41, 5.74) is 4.96. The van der Waals surface area contributed by atoms with E-state index in [2.05, 4.69) is 10.4 Å². The monoisotopic (exact) mass is 405 g/mol. The topological polar surface area (TPSA) is 73.2 Å². The summed E-state index contributed by atoms with van der Waals surface area (Å²) in [6.07, 6.45) is 1.48. The molecule has 4 rings (SSSR count). The van der Waals surface area contributed by atoms with Gasteiger partial charge in [-0.25, -0.2) is 9.66 Å². The van der Waals surface area contributed by atoms with Crippen molar-refractivity contribution in [3.63, 3.8) is 0 Å². The van der Waals surface area contributed by atoms with Crippen LogP contribution in [0.15, 0.2) is 65.7 Å². The molecule has 0 saturated carbocycles. The van der Waals surface area contributed by atoms with Crippen LogP contribution in [0.4, 0.5) is 0 Å². The Labute approximate surface area is 171 Å². The number of ether oxygens (including phenoxy) is 1. The highest BCUT2D eigenvalue weighted by Gasteiger charge is 2.17. The molecule has 0 aliphatic rings. The van der Waals surface area contributed by atoms with E-state index in [0.29, 0.717) is 16.0 Å². The molecule has 0 aliphatic heterocycles. The fourth-order valence-corrected chi connectivity index (χ4v) is 4.28. The summed E-state index contributed by atoms with van der Waals surface area (Å²) in [5.74, 6) is 0.367. The number of fused-ring (bicyclic) bond motifs is 1. The first-order chi connectivity index (χ1) is 14.1. The van der Waals surface area contributed by atoms with Crippen molar-refractivity contribution in [1.82, 2.24) is 9.66 Å². The third-order valence-electron chi connectivity index (χ3n) is 4.60. The number of aromatic nitrogens is 2. The lowest BCUT2D eigenvalue weighted by Crippen LogP contribution is -2.34. The van der Waals surface area contributed by atoms with E-state index in [1.807, 2.05) is 55.5 Å². The van der Waals surface area contributed by atoms with E-state index in [-0.39, 0.29) is 17.9 Å². The van der Waals surface area contributed by atoms with Crippen LogP contribution in [-0.4, -0.2) is 22.7 Å². The number of hydrogen-bond donors (Lipinski definition) is 1. The molecular formula is C22H19N3O3S. The smallest absolute Gasteiger partial charge is 0.281 e. The van der Waals surface area contributed by atoms with Crippen molar-refractivity contribution in [1.29, 1.82) is 0 Å². The van der Waals surface area contributed by atoms with Gasteiger partial charge in [-0.15, -0.1) is 11.3 Å². The molecule has 2 heterocycles. The Morgan fingerprint density at radius 3 is 2.72 bits per heavy atom. The normalized spacial score (nSPS) is 10.8. The number of nitrogens with one attached hydrogen (secondary N) is 1. The van der Waals surface area contributed by atoms with Gasteiger partial charge in [-0.3, -0.25) is 15.0 Å². The maximum absolute atomic E-state index is 13.1. The van der Waals surface area contributed by atoms with Crippen LogP contribution < -0.4 is 15.7 Å². The minimum absolute atomic E-state index is 0.121. The summed E-state index contributed by atoms with van der Waals surface area (Å²) in [6, 6.07) is 17.0. The van der Waals surface area contributed by atoms with Crippen molar-refractivity contribution >= 4 is 27.5 Å². The molecule has 146 valence electrons. The van der Waals surface area contributed by atoms with Crippen LogP contribution in [0.25, 0.3) is 21.3 Å². The SMILES string of the molecule is COc1cccc(CC(=O)Nn2cnc3sc(C)c(-c4ccccc4)c3c2=O)c1. The van der Waals surface area contributed by atoms with E-state index in [4.69, 9.17) is 4.74 Å². The van der Waals surface area contributed by atoms with Gasteiger partial charge in [0.1, 0.15) is 16.9 Å². The van der Waals surface area contributed by atoms with Crippen LogP contribution in [0.5, 0.6) is 5.75 Å². The number of benzene rings is 2. The largest absolute Gasteiger partial charge is 0.497 e. The number of nitrogens with zero attached hydrogens (tertiary/aromatic N) is 2. The molecule has 2 aromatic heterocycles. The fraction of sp³-hybridized carbons (Fsp3) is 0.136. The number of methoxy groups -OCH3 is 1. The van der Waals surface area contributed by atoms with Gasteiger partial charge in [0.05, 0.1) is 18.9 Å². The van der Waals surface area contributed by atoms with Crippen molar-refractivity contribution in [3.05, 3.63) is 81.7 Å². The van der Waals surface area contributed by atoms with Crippen LogP contribution in [0.2, 0.25) is 0 Å². The summed E-state index contributed by atoms with van der Waals surface area (Å²) < 4.78 is 6.34. The molecule has 1 N–H and O–H groups in total. The van der Waals surface area contributed by atoms with E-state index in [1.54, 1.807) is 13.2 Å². The minimum Gasteiger partial charge on any atom is -0.497 e. The van der Waals surface area contributed by atoms with E-state index < -0.39 is 0 Å². The summed E-state index contributed by atoms with van der Waals surface area (Å²) >= 11 is 1.47. The van der Waals surface area contributed by atoms with Crippen LogP contribution in [0.3, 0.4) is 0 Å². The van der Waals surface area contributed by atoms with E-state index >= 15 is 0 Å². The molecule has 2 aromatic carbocycles. The fourth-order valence-electron chi connectivity index (χ4n) is 3.28. The van der Waals surface area contributed by atoms with Gasteiger partial charge in [0, 0.05) is 10.4 Å². The molecule has 6 nitrogen and oxygen atoms in total. The molecule has 0 aliphatic carbocycles. The number of aryl methyl sites for hydroxylation is 1. The molecule has 7 heteroatoms. The average Bonchev–Trinajstić information content (AvgIpc) is 3.07. The summed E-state index contributed by atoms with van der Waals surface area (Å²) in [7, 11) is 1.58. The number of hydrogen-bond acceptors (Lipinski definition) is 5. The lowest BCUT2D eigenvalue weighted by Gasteiger charge is -2.09. The van der Waals surface area contributed by atoms with Gasteiger partial charge in [-0.2, -0.15) is 0 Å². The molecule has 4 aromatic rings. The standard InChI is InChI=1S/C22H19N3O3S/c1-14-19(16-8-4-3-5-9-16)20-21(29-14)23-13-25(22(20)27)24-18(26)12-15-7-6-10-17(11-15)28-2/h3-11,13H,12H2,1-2H3,(H,24,26). The van der Waals surface area contributed by atoms with Gasteiger partial charge in [0.2, 0.25) is 5.91 Å². The van der Waals surface area contributed by atoms with Gasteiger partial charge < -0.3 is 4.74 Å². The van der Waals surface area contributed by atoms with Crippen LogP contribution in [0.1, 0.15) is 10.4 Å². The van der Waals surface area contributed by atoms with Crippen LogP contribution >= 0.6 is 11.3 Å². The van der Waals surface area contributed by atoms with Gasteiger partial charge in [0.25, 0.3) is 5.56 Å². The predicted octanol–water partition coefficient (Wildman–Crippen LogP) is 3.75. The van der Waals surface area contributed by atoms with Crippen molar-refractivity contribution in [2.75, 3.05) is 12.5 Å². The van der Waals surface area contributed by atoms with E-state index in [9.17, 15) is 9.59 Å². The van der Waals surface area contributed by atoms with Gasteiger partial charge >= 0.3 is 0 Å². The zero-order valence-electron chi connectivity index (χ0n) is 16.0. The minimum atomic E-state index is -0.310. The lowest BCUT2D eigenvalue weighted by molar-refractivity contribution is -0.116. The predicted molar refractivity (Wildman–Crippen MR) is 115 cm³/mol. The number of amides is 1. The molecule has 0 unspecified atom stereocenters. The first kappa shape index (κ1) is 18.9. The van der Waals surface area contributed by atoms with Crippen LogP contribution in [-0.2, 0) is 11.2 Å². The van der Waals surface area contributed by atoms with Crippen molar-refractivity contribution in [2.24, 2.45) is 0 Å². The van der Waals surface area contributed by atoms with Gasteiger partial charge in [-0.1, -0.05) is 42.5 Å². The first-order valence-corrected chi connectivity index (χ1v) is 9.87. The Kier molecular flexibility index (Phi) is 5.14. The van der Waals surface area contributed by atoms with Crippen molar-refractivity contribution in [3.8, 4) is 16.9 Å². The first-order valence-electron chi connectivity index (χ1n) is 9.06. The van der Waals surface area contributed by atoms with Gasteiger partial charge in [0.15, 0.2) is 0 Å². The zero-order chi connectivity index (χ0) is 20.4. The maximum atomic E-state index is 13.1. The Hall–Kier alpha value is -3.45. The molecule has 0 radical (unpaired) electrons. The highest BCUT2D eigenvalue weighted by atomic mass is 32.1. The Balaban J connectivity index is 1.67. The third-order valence-corrected chi connectivity index (χ3v) is 5.61. The summed E-state index contributed by atoms with van der Waals surface area (Å²) in [4.78, 5) is 31.7.